The maximum Gasteiger partial charge on any atom is 0.149 e. The SMILES string of the molecule is Cc1nc2ccccn2c1-c1ccc(N)nc1C#Cc1ccnc2c(F)cccc12. The summed E-state index contributed by atoms with van der Waals surface area (Å²) in [5, 5.41) is 0.654. The summed E-state index contributed by atoms with van der Waals surface area (Å²) in [7, 11) is 0. The molecule has 0 aliphatic heterocycles. The number of hydrogen-bond acceptors (Lipinski definition) is 4. The average Bonchev–Trinajstić information content (AvgIpc) is 3.08. The number of fused-ring (bicyclic) bond motifs is 2. The highest BCUT2D eigenvalue weighted by Crippen LogP contribution is 2.28. The highest BCUT2D eigenvalue weighted by molar-refractivity contribution is 5.85. The van der Waals surface area contributed by atoms with Gasteiger partial charge in [0.2, 0.25) is 0 Å². The molecule has 0 radical (unpaired) electrons. The third-order valence-electron chi connectivity index (χ3n) is 4.91. The van der Waals surface area contributed by atoms with Crippen LogP contribution in [0.5, 0.6) is 0 Å². The van der Waals surface area contributed by atoms with Crippen LogP contribution in [0.4, 0.5) is 10.2 Å². The largest absolute Gasteiger partial charge is 0.384 e. The summed E-state index contributed by atoms with van der Waals surface area (Å²) >= 11 is 0. The van der Waals surface area contributed by atoms with Crippen LogP contribution >= 0.6 is 0 Å². The van der Waals surface area contributed by atoms with Gasteiger partial charge in [-0.15, -0.1) is 0 Å². The Kier molecular flexibility index (Phi) is 4.15. The van der Waals surface area contributed by atoms with Gasteiger partial charge in [-0.25, -0.2) is 14.4 Å². The van der Waals surface area contributed by atoms with E-state index in [9.17, 15) is 4.39 Å². The molecular weight excluding hydrogens is 377 g/mol. The number of rotatable bonds is 1. The molecule has 0 amide bonds. The minimum atomic E-state index is -0.375. The quantitative estimate of drug-likeness (QED) is 0.429. The Labute approximate surface area is 172 Å². The molecule has 0 aliphatic rings. The predicted molar refractivity (Wildman–Crippen MR) is 115 cm³/mol. The van der Waals surface area contributed by atoms with Gasteiger partial charge in [-0.05, 0) is 49.2 Å². The normalized spacial score (nSPS) is 10.9. The van der Waals surface area contributed by atoms with Crippen molar-refractivity contribution in [3.8, 4) is 23.1 Å². The molecule has 0 saturated carbocycles. The lowest BCUT2D eigenvalue weighted by Crippen LogP contribution is -1.98. The second kappa shape index (κ2) is 6.98. The van der Waals surface area contributed by atoms with Gasteiger partial charge < -0.3 is 5.73 Å². The first-order valence-corrected chi connectivity index (χ1v) is 9.37. The molecule has 5 aromatic rings. The Bertz CT molecular complexity index is 1490. The molecule has 0 aliphatic carbocycles. The molecule has 0 fully saturated rings. The van der Waals surface area contributed by atoms with Gasteiger partial charge in [0.05, 0.1) is 11.4 Å². The van der Waals surface area contributed by atoms with Crippen LogP contribution in [0.15, 0.2) is 67.0 Å². The lowest BCUT2D eigenvalue weighted by atomic mass is 10.1. The molecule has 6 heteroatoms. The van der Waals surface area contributed by atoms with Crippen molar-refractivity contribution in [1.82, 2.24) is 19.4 Å². The molecule has 30 heavy (non-hydrogen) atoms. The van der Waals surface area contributed by atoms with E-state index in [0.717, 1.165) is 22.6 Å². The van der Waals surface area contributed by atoms with Crippen LogP contribution in [-0.4, -0.2) is 19.4 Å². The number of aryl methyl sites for hydroxylation is 1. The Morgan fingerprint density at radius 1 is 0.967 bits per heavy atom. The highest BCUT2D eigenvalue weighted by Gasteiger charge is 2.15. The summed E-state index contributed by atoms with van der Waals surface area (Å²) in [6.07, 6.45) is 3.51. The molecule has 5 nitrogen and oxygen atoms in total. The fraction of sp³-hybridized carbons (Fsp3) is 0.0417. The van der Waals surface area contributed by atoms with E-state index in [1.807, 2.05) is 41.8 Å². The Morgan fingerprint density at radius 2 is 1.87 bits per heavy atom. The summed E-state index contributed by atoms with van der Waals surface area (Å²) in [6.45, 7) is 1.95. The molecule has 4 aromatic heterocycles. The summed E-state index contributed by atoms with van der Waals surface area (Å²) < 4.78 is 16.1. The highest BCUT2D eigenvalue weighted by atomic mass is 19.1. The van der Waals surface area contributed by atoms with Gasteiger partial charge in [-0.3, -0.25) is 9.38 Å². The number of nitrogens with two attached hydrogens (primary N) is 1. The number of pyridine rings is 3. The third-order valence-corrected chi connectivity index (χ3v) is 4.91. The number of anilines is 1. The smallest absolute Gasteiger partial charge is 0.149 e. The second-order valence-electron chi connectivity index (χ2n) is 6.85. The zero-order valence-electron chi connectivity index (χ0n) is 16.1. The van der Waals surface area contributed by atoms with Crippen molar-refractivity contribution >= 4 is 22.4 Å². The third kappa shape index (κ3) is 2.93. The summed E-state index contributed by atoms with van der Waals surface area (Å²) in [6, 6.07) is 16.1. The lowest BCUT2D eigenvalue weighted by molar-refractivity contribution is 0.637. The number of nitrogens with zero attached hydrogens (tertiary/aromatic N) is 4. The van der Waals surface area contributed by atoms with Crippen molar-refractivity contribution in [3.05, 3.63) is 89.8 Å². The number of benzene rings is 1. The van der Waals surface area contributed by atoms with Crippen molar-refractivity contribution in [2.45, 2.75) is 6.92 Å². The van der Waals surface area contributed by atoms with Crippen LogP contribution in [0, 0.1) is 24.6 Å². The molecule has 1 aromatic carbocycles. The van der Waals surface area contributed by atoms with E-state index < -0.39 is 0 Å². The molecule has 2 N–H and O–H groups in total. The van der Waals surface area contributed by atoms with Crippen LogP contribution in [-0.2, 0) is 0 Å². The van der Waals surface area contributed by atoms with E-state index >= 15 is 0 Å². The van der Waals surface area contributed by atoms with E-state index in [4.69, 9.17) is 5.73 Å². The van der Waals surface area contributed by atoms with E-state index in [2.05, 4.69) is 26.8 Å². The van der Waals surface area contributed by atoms with Crippen molar-refractivity contribution in [1.29, 1.82) is 0 Å². The molecule has 0 bridgehead atoms. The van der Waals surface area contributed by atoms with E-state index in [-0.39, 0.29) is 5.82 Å². The van der Waals surface area contributed by atoms with Crippen LogP contribution in [0.2, 0.25) is 0 Å². The van der Waals surface area contributed by atoms with Gasteiger partial charge in [0.1, 0.15) is 28.5 Å². The Morgan fingerprint density at radius 3 is 2.77 bits per heavy atom. The first kappa shape index (κ1) is 17.8. The number of imidazole rings is 1. The zero-order chi connectivity index (χ0) is 20.7. The summed E-state index contributed by atoms with van der Waals surface area (Å²) in [4.78, 5) is 13.2. The van der Waals surface area contributed by atoms with Crippen molar-refractivity contribution in [2.75, 3.05) is 5.73 Å². The number of aromatic nitrogens is 4. The topological polar surface area (TPSA) is 69.1 Å². The zero-order valence-corrected chi connectivity index (χ0v) is 16.1. The summed E-state index contributed by atoms with van der Waals surface area (Å²) in [5.41, 5.74) is 10.9. The van der Waals surface area contributed by atoms with E-state index in [0.29, 0.717) is 28.0 Å². The molecule has 0 atom stereocenters. The van der Waals surface area contributed by atoms with Crippen LogP contribution in [0.1, 0.15) is 17.0 Å². The number of nitrogen functional groups attached to an aromatic ring is 1. The minimum absolute atomic E-state index is 0.294. The van der Waals surface area contributed by atoms with Gasteiger partial charge in [-0.2, -0.15) is 0 Å². The van der Waals surface area contributed by atoms with Crippen molar-refractivity contribution in [2.24, 2.45) is 0 Å². The van der Waals surface area contributed by atoms with Crippen LogP contribution in [0.25, 0.3) is 27.8 Å². The molecular formula is C24H16FN5. The first-order chi connectivity index (χ1) is 14.6. The molecule has 5 rings (SSSR count). The number of halogens is 1. The lowest BCUT2D eigenvalue weighted by Gasteiger charge is -2.07. The number of para-hydroxylation sites is 1. The van der Waals surface area contributed by atoms with Gasteiger partial charge in [0, 0.05) is 28.9 Å². The Balaban J connectivity index is 1.71. The molecule has 144 valence electrons. The molecule has 0 unspecified atom stereocenters. The minimum Gasteiger partial charge on any atom is -0.384 e. The van der Waals surface area contributed by atoms with Gasteiger partial charge >= 0.3 is 0 Å². The fourth-order valence-corrected chi connectivity index (χ4v) is 3.57. The Hall–Kier alpha value is -4.24. The van der Waals surface area contributed by atoms with Crippen molar-refractivity contribution in [3.63, 3.8) is 0 Å². The molecule has 4 heterocycles. The van der Waals surface area contributed by atoms with E-state index in [1.165, 1.54) is 6.07 Å². The van der Waals surface area contributed by atoms with Crippen molar-refractivity contribution < 1.29 is 4.39 Å². The van der Waals surface area contributed by atoms with E-state index in [1.54, 1.807) is 30.5 Å². The van der Waals surface area contributed by atoms with Gasteiger partial charge in [0.25, 0.3) is 0 Å². The van der Waals surface area contributed by atoms with Crippen LogP contribution in [0.3, 0.4) is 0 Å². The number of hydrogen-bond donors (Lipinski definition) is 1. The molecule has 0 spiro atoms. The van der Waals surface area contributed by atoms with Gasteiger partial charge in [-0.1, -0.05) is 24.1 Å². The first-order valence-electron chi connectivity index (χ1n) is 9.37. The summed E-state index contributed by atoms with van der Waals surface area (Å²) in [5.74, 6) is 6.25. The monoisotopic (exact) mass is 393 g/mol. The van der Waals surface area contributed by atoms with Gasteiger partial charge in [0.15, 0.2) is 0 Å². The average molecular weight is 393 g/mol. The maximum atomic E-state index is 14.1. The fourth-order valence-electron chi connectivity index (χ4n) is 3.57. The standard InChI is InChI=1S/C24H16FN5/c1-15-24(30-14-3-2-7-22(30)28-15)18-9-11-21(26)29-20(18)10-8-16-12-13-27-23-17(16)5-4-6-19(23)25/h2-7,9,11-14H,1H3,(H2,26,29). The predicted octanol–water partition coefficient (Wildman–Crippen LogP) is 4.37. The maximum absolute atomic E-state index is 14.1. The molecule has 0 saturated heterocycles. The second-order valence-corrected chi connectivity index (χ2v) is 6.85. The van der Waals surface area contributed by atoms with Crippen LogP contribution < -0.4 is 5.73 Å².